The van der Waals surface area contributed by atoms with Crippen molar-refractivity contribution >= 4 is 17.2 Å². The lowest BCUT2D eigenvalue weighted by atomic mass is 10.1. The number of aryl methyl sites for hydroxylation is 1. The first-order chi connectivity index (χ1) is 9.36. The molecule has 112 valence electrons. The van der Waals surface area contributed by atoms with Gasteiger partial charge in [0.25, 0.3) is 5.91 Å². The molecule has 1 N–H and O–H groups in total. The van der Waals surface area contributed by atoms with Crippen molar-refractivity contribution < 1.29 is 4.79 Å². The fourth-order valence-corrected chi connectivity index (χ4v) is 3.71. The van der Waals surface area contributed by atoms with Crippen molar-refractivity contribution in [3.8, 4) is 0 Å². The first-order valence-electron chi connectivity index (χ1n) is 7.38. The van der Waals surface area contributed by atoms with E-state index in [4.69, 9.17) is 0 Å². The number of carbonyl (C=O) groups is 1. The molecule has 1 aliphatic rings. The van der Waals surface area contributed by atoms with Crippen LogP contribution in [-0.4, -0.2) is 41.0 Å². The number of rotatable bonds is 3. The monoisotopic (exact) mass is 295 g/mol. The SMILES string of the molecule is Cc1nc(CC(C)C)c(C(=O)N2C[C@H](C)N[C@@H](C)C2)s1. The fourth-order valence-electron chi connectivity index (χ4n) is 2.80. The van der Waals surface area contributed by atoms with E-state index in [1.165, 1.54) is 11.3 Å². The molecule has 0 saturated carbocycles. The van der Waals surface area contributed by atoms with Gasteiger partial charge in [-0.2, -0.15) is 0 Å². The largest absolute Gasteiger partial charge is 0.335 e. The maximum absolute atomic E-state index is 12.8. The molecule has 5 heteroatoms. The summed E-state index contributed by atoms with van der Waals surface area (Å²) in [6, 6.07) is 0.704. The molecular weight excluding hydrogens is 270 g/mol. The van der Waals surface area contributed by atoms with Crippen LogP contribution in [0.1, 0.15) is 48.1 Å². The smallest absolute Gasteiger partial charge is 0.265 e. The van der Waals surface area contributed by atoms with Crippen molar-refractivity contribution in [3.05, 3.63) is 15.6 Å². The third kappa shape index (κ3) is 3.58. The minimum Gasteiger partial charge on any atom is -0.335 e. The summed E-state index contributed by atoms with van der Waals surface area (Å²) in [6.07, 6.45) is 0.878. The van der Waals surface area contributed by atoms with E-state index in [0.29, 0.717) is 18.0 Å². The Morgan fingerprint density at radius 1 is 1.40 bits per heavy atom. The van der Waals surface area contributed by atoms with Crippen LogP contribution in [0.5, 0.6) is 0 Å². The lowest BCUT2D eigenvalue weighted by Gasteiger charge is -2.36. The Bertz CT molecular complexity index is 473. The molecule has 1 fully saturated rings. The Hall–Kier alpha value is -0.940. The van der Waals surface area contributed by atoms with Gasteiger partial charge in [-0.15, -0.1) is 11.3 Å². The number of hydrogen-bond acceptors (Lipinski definition) is 4. The minimum atomic E-state index is 0.159. The van der Waals surface area contributed by atoms with Crippen LogP contribution in [0, 0.1) is 12.8 Å². The highest BCUT2D eigenvalue weighted by Gasteiger charge is 2.28. The normalized spacial score (nSPS) is 23.4. The Balaban J connectivity index is 2.20. The van der Waals surface area contributed by atoms with E-state index < -0.39 is 0 Å². The molecule has 0 radical (unpaired) electrons. The molecule has 0 bridgehead atoms. The highest BCUT2D eigenvalue weighted by molar-refractivity contribution is 7.13. The molecule has 2 heterocycles. The maximum atomic E-state index is 12.8. The molecule has 1 saturated heterocycles. The van der Waals surface area contributed by atoms with E-state index in [1.807, 2.05) is 11.8 Å². The first kappa shape index (κ1) is 15.4. The molecule has 20 heavy (non-hydrogen) atoms. The van der Waals surface area contributed by atoms with Gasteiger partial charge in [0.05, 0.1) is 10.7 Å². The zero-order valence-corrected chi connectivity index (χ0v) is 13.9. The number of hydrogen-bond donors (Lipinski definition) is 1. The lowest BCUT2D eigenvalue weighted by Crippen LogP contribution is -2.55. The molecule has 1 aromatic rings. The standard InChI is InChI=1S/C15H25N3OS/c1-9(2)6-13-14(20-12(5)17-13)15(19)18-7-10(3)16-11(4)8-18/h9-11,16H,6-8H2,1-5H3/t10-,11-/m0/s1. The topological polar surface area (TPSA) is 45.2 Å². The number of aromatic nitrogens is 1. The Morgan fingerprint density at radius 3 is 2.55 bits per heavy atom. The molecule has 1 aliphatic heterocycles. The van der Waals surface area contributed by atoms with E-state index in [2.05, 4.69) is 38.0 Å². The van der Waals surface area contributed by atoms with E-state index >= 15 is 0 Å². The van der Waals surface area contributed by atoms with Crippen LogP contribution < -0.4 is 5.32 Å². The van der Waals surface area contributed by atoms with Crippen molar-refractivity contribution in [2.45, 2.75) is 53.1 Å². The summed E-state index contributed by atoms with van der Waals surface area (Å²) in [5, 5.41) is 4.45. The number of nitrogens with zero attached hydrogens (tertiary/aromatic N) is 2. The van der Waals surface area contributed by atoms with E-state index in [-0.39, 0.29) is 5.91 Å². The molecule has 0 aromatic carbocycles. The molecule has 0 aliphatic carbocycles. The van der Waals surface area contributed by atoms with Crippen molar-refractivity contribution in [2.24, 2.45) is 5.92 Å². The quantitative estimate of drug-likeness (QED) is 0.932. The summed E-state index contributed by atoms with van der Waals surface area (Å²) in [4.78, 5) is 20.2. The van der Waals surface area contributed by atoms with Gasteiger partial charge in [0.15, 0.2) is 0 Å². The number of amides is 1. The van der Waals surface area contributed by atoms with Crippen molar-refractivity contribution in [2.75, 3.05) is 13.1 Å². The van der Waals surface area contributed by atoms with Gasteiger partial charge in [0.1, 0.15) is 4.88 Å². The summed E-state index contributed by atoms with van der Waals surface area (Å²) in [5.74, 6) is 0.676. The highest BCUT2D eigenvalue weighted by atomic mass is 32.1. The highest BCUT2D eigenvalue weighted by Crippen LogP contribution is 2.23. The first-order valence-corrected chi connectivity index (χ1v) is 8.20. The van der Waals surface area contributed by atoms with Gasteiger partial charge in [-0.1, -0.05) is 13.8 Å². The Labute approximate surface area is 125 Å². The van der Waals surface area contributed by atoms with Crippen LogP contribution in [0.15, 0.2) is 0 Å². The van der Waals surface area contributed by atoms with Gasteiger partial charge in [-0.3, -0.25) is 4.79 Å². The second-order valence-corrected chi connectivity index (χ2v) is 7.49. The summed E-state index contributed by atoms with van der Waals surface area (Å²) in [7, 11) is 0. The van der Waals surface area contributed by atoms with Crippen LogP contribution in [0.4, 0.5) is 0 Å². The summed E-state index contributed by atoms with van der Waals surface area (Å²) in [6.45, 7) is 12.1. The molecule has 2 atom stereocenters. The van der Waals surface area contributed by atoms with Crippen LogP contribution in [0.3, 0.4) is 0 Å². The van der Waals surface area contributed by atoms with E-state index in [9.17, 15) is 4.79 Å². The molecule has 0 unspecified atom stereocenters. The van der Waals surface area contributed by atoms with Crippen molar-refractivity contribution in [3.63, 3.8) is 0 Å². The molecular formula is C15H25N3OS. The summed E-state index contributed by atoms with van der Waals surface area (Å²) >= 11 is 1.54. The Morgan fingerprint density at radius 2 is 2.00 bits per heavy atom. The predicted octanol–water partition coefficient (Wildman–Crippen LogP) is 2.47. The van der Waals surface area contributed by atoms with Crippen LogP contribution >= 0.6 is 11.3 Å². The van der Waals surface area contributed by atoms with E-state index in [1.54, 1.807) is 0 Å². The Kier molecular flexibility index (Phi) is 4.81. The zero-order chi connectivity index (χ0) is 14.9. The van der Waals surface area contributed by atoms with Crippen molar-refractivity contribution in [1.29, 1.82) is 0 Å². The second-order valence-electron chi connectivity index (χ2n) is 6.29. The van der Waals surface area contributed by atoms with Crippen LogP contribution in [-0.2, 0) is 6.42 Å². The van der Waals surface area contributed by atoms with Gasteiger partial charge >= 0.3 is 0 Å². The number of carbonyl (C=O) groups excluding carboxylic acids is 1. The number of piperazine rings is 1. The molecule has 4 nitrogen and oxygen atoms in total. The maximum Gasteiger partial charge on any atom is 0.265 e. The minimum absolute atomic E-state index is 0.159. The lowest BCUT2D eigenvalue weighted by molar-refractivity contribution is 0.0677. The number of nitrogens with one attached hydrogen (secondary N) is 1. The van der Waals surface area contributed by atoms with Gasteiger partial charge in [-0.05, 0) is 33.1 Å². The van der Waals surface area contributed by atoms with Gasteiger partial charge < -0.3 is 10.2 Å². The third-order valence-corrected chi connectivity index (χ3v) is 4.45. The zero-order valence-electron chi connectivity index (χ0n) is 13.1. The van der Waals surface area contributed by atoms with Crippen LogP contribution in [0.25, 0.3) is 0 Å². The van der Waals surface area contributed by atoms with Crippen LogP contribution in [0.2, 0.25) is 0 Å². The molecule has 1 aromatic heterocycles. The molecule has 1 amide bonds. The molecule has 0 spiro atoms. The van der Waals surface area contributed by atoms with Crippen molar-refractivity contribution in [1.82, 2.24) is 15.2 Å². The van der Waals surface area contributed by atoms with Gasteiger partial charge in [0, 0.05) is 25.2 Å². The van der Waals surface area contributed by atoms with Gasteiger partial charge in [-0.25, -0.2) is 4.98 Å². The van der Waals surface area contributed by atoms with Gasteiger partial charge in [0.2, 0.25) is 0 Å². The average Bonchev–Trinajstić information content (AvgIpc) is 2.67. The summed E-state index contributed by atoms with van der Waals surface area (Å²) in [5.41, 5.74) is 0.978. The second kappa shape index (κ2) is 6.22. The number of thiazole rings is 1. The predicted molar refractivity (Wildman–Crippen MR) is 83.4 cm³/mol. The molecule has 2 rings (SSSR count). The third-order valence-electron chi connectivity index (χ3n) is 3.44. The average molecular weight is 295 g/mol. The summed E-state index contributed by atoms with van der Waals surface area (Å²) < 4.78 is 0. The van der Waals surface area contributed by atoms with E-state index in [0.717, 1.165) is 35.1 Å². The fraction of sp³-hybridized carbons (Fsp3) is 0.733.